The third-order valence-electron chi connectivity index (χ3n) is 6.11. The molecule has 1 atom stereocenters. The van der Waals surface area contributed by atoms with E-state index >= 15 is 0 Å². The molecule has 3 aromatic rings. The summed E-state index contributed by atoms with van der Waals surface area (Å²) in [6, 6.07) is 29.5. The van der Waals surface area contributed by atoms with E-state index in [1.165, 1.54) is 22.4 Å². The highest BCUT2D eigenvalue weighted by molar-refractivity contribution is 5.91. The van der Waals surface area contributed by atoms with Crippen molar-refractivity contribution in [3.05, 3.63) is 102 Å². The highest BCUT2D eigenvalue weighted by atomic mass is 15.7. The molecule has 0 radical (unpaired) electrons. The zero-order valence-electron chi connectivity index (χ0n) is 16.9. The molecule has 3 aromatic carbocycles. The molecule has 1 spiro atoms. The van der Waals surface area contributed by atoms with Gasteiger partial charge in [-0.15, -0.1) is 0 Å². The second kappa shape index (κ2) is 6.31. The average Bonchev–Trinajstić information content (AvgIpc) is 3.03. The highest BCUT2D eigenvalue weighted by Crippen LogP contribution is 2.51. The first-order chi connectivity index (χ1) is 14.0. The van der Waals surface area contributed by atoms with Gasteiger partial charge in [0, 0.05) is 18.3 Å². The topological polar surface area (TPSA) is 31.2 Å². The molecule has 0 aliphatic carbocycles. The van der Waals surface area contributed by atoms with E-state index in [4.69, 9.17) is 5.11 Å². The maximum absolute atomic E-state index is 4.72. The van der Waals surface area contributed by atoms with Crippen molar-refractivity contribution < 1.29 is 0 Å². The summed E-state index contributed by atoms with van der Waals surface area (Å²) in [6.07, 6.45) is 2.34. The van der Waals surface area contributed by atoms with Gasteiger partial charge < -0.3 is 4.90 Å². The molecular formula is C25H24N4. The fraction of sp³-hybridized carbons (Fsp3) is 0.200. The predicted octanol–water partition coefficient (Wildman–Crippen LogP) is 5.93. The van der Waals surface area contributed by atoms with Crippen molar-refractivity contribution in [2.24, 2.45) is 10.3 Å². The fourth-order valence-corrected chi connectivity index (χ4v) is 4.58. The lowest BCUT2D eigenvalue weighted by Crippen LogP contribution is -2.66. The molecule has 4 nitrogen and oxygen atoms in total. The van der Waals surface area contributed by atoms with Gasteiger partial charge in [-0.25, -0.2) is 5.01 Å². The van der Waals surface area contributed by atoms with Crippen molar-refractivity contribution >= 4 is 16.9 Å². The summed E-state index contributed by atoms with van der Waals surface area (Å²) < 4.78 is 0. The number of benzene rings is 3. The average molecular weight is 380 g/mol. The minimum absolute atomic E-state index is 0.453. The van der Waals surface area contributed by atoms with Crippen LogP contribution in [0.5, 0.6) is 0 Å². The van der Waals surface area contributed by atoms with E-state index < -0.39 is 11.2 Å². The van der Waals surface area contributed by atoms with Gasteiger partial charge in [-0.05, 0) is 49.3 Å². The van der Waals surface area contributed by atoms with Gasteiger partial charge in [-0.2, -0.15) is 5.11 Å². The Morgan fingerprint density at radius 3 is 2.10 bits per heavy atom. The van der Waals surface area contributed by atoms with Crippen molar-refractivity contribution in [1.29, 1.82) is 0 Å². The van der Waals surface area contributed by atoms with Gasteiger partial charge in [0.25, 0.3) is 0 Å². The van der Waals surface area contributed by atoms with E-state index in [9.17, 15) is 0 Å². The molecule has 0 bridgehead atoms. The van der Waals surface area contributed by atoms with Crippen molar-refractivity contribution in [3.63, 3.8) is 0 Å². The van der Waals surface area contributed by atoms with Crippen LogP contribution in [0.3, 0.4) is 0 Å². The van der Waals surface area contributed by atoms with Gasteiger partial charge in [0.15, 0.2) is 5.66 Å². The van der Waals surface area contributed by atoms with Crippen LogP contribution in [-0.4, -0.2) is 18.2 Å². The largest absolute Gasteiger partial charge is 0.344 e. The number of anilines is 2. The van der Waals surface area contributed by atoms with Gasteiger partial charge in [0.1, 0.15) is 5.54 Å². The summed E-state index contributed by atoms with van der Waals surface area (Å²) in [4.78, 5) is 2.32. The standard InChI is InChI=1S/C25H24N4/c1-24(2)25(29(27-26-24)20-14-8-5-9-15-20)18-22(19-12-6-4-7-13-19)21-16-10-11-17-23(21)28(25)3/h4-18H,1-3H3. The summed E-state index contributed by atoms with van der Waals surface area (Å²) in [5, 5.41) is 11.4. The minimum Gasteiger partial charge on any atom is -0.344 e. The SMILES string of the molecule is CN1c2ccccc2C(c2ccccc2)=CC12N(c1ccccc1)N=NC2(C)C. The Morgan fingerprint density at radius 1 is 0.759 bits per heavy atom. The van der Waals surface area contributed by atoms with E-state index in [2.05, 4.69) is 109 Å². The summed E-state index contributed by atoms with van der Waals surface area (Å²) in [5.41, 5.74) is 4.82. The highest BCUT2D eigenvalue weighted by Gasteiger charge is 2.58. The quantitative estimate of drug-likeness (QED) is 0.552. The van der Waals surface area contributed by atoms with Crippen LogP contribution in [0, 0.1) is 0 Å². The Balaban J connectivity index is 1.81. The van der Waals surface area contributed by atoms with Crippen LogP contribution in [0.15, 0.2) is 101 Å². The van der Waals surface area contributed by atoms with Gasteiger partial charge in [0.2, 0.25) is 0 Å². The first-order valence-corrected chi connectivity index (χ1v) is 9.94. The van der Waals surface area contributed by atoms with Gasteiger partial charge >= 0.3 is 0 Å². The molecule has 4 heteroatoms. The Labute approximate surface area is 171 Å². The molecule has 0 fully saturated rings. The van der Waals surface area contributed by atoms with Crippen molar-refractivity contribution in [2.75, 3.05) is 17.0 Å². The molecule has 0 saturated heterocycles. The number of hydrogen-bond acceptors (Lipinski definition) is 4. The number of likely N-dealkylation sites (N-methyl/N-ethyl adjacent to an activating group) is 1. The maximum atomic E-state index is 4.72. The zero-order valence-corrected chi connectivity index (χ0v) is 16.9. The molecule has 144 valence electrons. The first-order valence-electron chi connectivity index (χ1n) is 9.94. The lowest BCUT2D eigenvalue weighted by atomic mass is 9.78. The number of para-hydroxylation sites is 2. The third-order valence-corrected chi connectivity index (χ3v) is 6.11. The Bertz CT molecular complexity index is 1100. The monoisotopic (exact) mass is 380 g/mol. The van der Waals surface area contributed by atoms with Crippen molar-refractivity contribution in [1.82, 2.24) is 0 Å². The van der Waals surface area contributed by atoms with Crippen LogP contribution < -0.4 is 9.91 Å². The second-order valence-electron chi connectivity index (χ2n) is 8.12. The van der Waals surface area contributed by atoms with E-state index in [0.29, 0.717) is 0 Å². The van der Waals surface area contributed by atoms with Crippen molar-refractivity contribution in [3.8, 4) is 0 Å². The second-order valence-corrected chi connectivity index (χ2v) is 8.12. The van der Waals surface area contributed by atoms with Gasteiger partial charge in [-0.3, -0.25) is 0 Å². The molecule has 5 rings (SSSR count). The van der Waals surface area contributed by atoms with E-state index in [0.717, 1.165) is 5.69 Å². The number of fused-ring (bicyclic) bond motifs is 1. The van der Waals surface area contributed by atoms with E-state index in [-0.39, 0.29) is 0 Å². The summed E-state index contributed by atoms with van der Waals surface area (Å²) in [7, 11) is 2.14. The van der Waals surface area contributed by atoms with Crippen LogP contribution in [-0.2, 0) is 0 Å². The van der Waals surface area contributed by atoms with Crippen LogP contribution in [0.2, 0.25) is 0 Å². The number of rotatable bonds is 2. The zero-order chi connectivity index (χ0) is 20.1. The van der Waals surface area contributed by atoms with E-state index in [1.54, 1.807) is 0 Å². The smallest absolute Gasteiger partial charge is 0.182 e. The molecule has 2 heterocycles. The van der Waals surface area contributed by atoms with Crippen molar-refractivity contribution in [2.45, 2.75) is 25.0 Å². The lowest BCUT2D eigenvalue weighted by Gasteiger charge is -2.51. The molecule has 1 unspecified atom stereocenters. The Hall–Kier alpha value is -3.40. The summed E-state index contributed by atoms with van der Waals surface area (Å²) >= 11 is 0. The van der Waals surface area contributed by atoms with E-state index in [1.807, 2.05) is 18.2 Å². The molecule has 2 aliphatic rings. The minimum atomic E-state index is -0.562. The van der Waals surface area contributed by atoms with Crippen LogP contribution in [0.25, 0.3) is 5.57 Å². The Morgan fingerprint density at radius 2 is 1.38 bits per heavy atom. The van der Waals surface area contributed by atoms with Crippen LogP contribution >= 0.6 is 0 Å². The van der Waals surface area contributed by atoms with Gasteiger partial charge in [0.05, 0.1) is 5.69 Å². The Kier molecular flexibility index (Phi) is 3.85. The van der Waals surface area contributed by atoms with Crippen LogP contribution in [0.4, 0.5) is 11.4 Å². The third kappa shape index (κ3) is 2.45. The predicted molar refractivity (Wildman–Crippen MR) is 119 cm³/mol. The molecule has 0 aromatic heterocycles. The normalized spacial score (nSPS) is 22.0. The molecule has 2 aliphatic heterocycles. The molecule has 29 heavy (non-hydrogen) atoms. The molecular weight excluding hydrogens is 356 g/mol. The summed E-state index contributed by atoms with van der Waals surface area (Å²) in [6.45, 7) is 4.31. The van der Waals surface area contributed by atoms with Gasteiger partial charge in [-0.1, -0.05) is 72.0 Å². The maximum Gasteiger partial charge on any atom is 0.182 e. The molecule has 0 N–H and O–H groups in total. The first kappa shape index (κ1) is 17.7. The molecule has 0 amide bonds. The lowest BCUT2D eigenvalue weighted by molar-refractivity contribution is 0.341. The van der Waals surface area contributed by atoms with Crippen LogP contribution in [0.1, 0.15) is 25.0 Å². The fourth-order valence-electron chi connectivity index (χ4n) is 4.58. The number of hydrogen-bond donors (Lipinski definition) is 0. The summed E-state index contributed by atoms with van der Waals surface area (Å²) in [5.74, 6) is 0. The molecule has 0 saturated carbocycles. The number of nitrogens with zero attached hydrogens (tertiary/aromatic N) is 4.